The quantitative estimate of drug-likeness (QED) is 0.779. The number of carbonyl (C=O) groups excluding carboxylic acids is 1. The molecule has 0 aliphatic carbocycles. The maximum absolute atomic E-state index is 12.3. The number of benzene rings is 2. The van der Waals surface area contributed by atoms with E-state index in [2.05, 4.69) is 24.3 Å². The van der Waals surface area contributed by atoms with Gasteiger partial charge in [-0.1, -0.05) is 30.3 Å². The molecule has 1 aliphatic heterocycles. The van der Waals surface area contributed by atoms with Crippen LogP contribution in [0.2, 0.25) is 0 Å². The van der Waals surface area contributed by atoms with Crippen LogP contribution in [0.25, 0.3) is 10.8 Å². The van der Waals surface area contributed by atoms with Gasteiger partial charge in [-0.3, -0.25) is 4.79 Å². The number of thioether (sulfide) groups is 1. The van der Waals surface area contributed by atoms with Gasteiger partial charge < -0.3 is 4.90 Å². The summed E-state index contributed by atoms with van der Waals surface area (Å²) >= 11 is 1.52. The average Bonchev–Trinajstić information content (AvgIpc) is 2.59. The van der Waals surface area contributed by atoms with Crippen molar-refractivity contribution in [3.8, 4) is 0 Å². The second kappa shape index (κ2) is 7.13. The number of hydrogen-bond acceptors (Lipinski definition) is 4. The van der Waals surface area contributed by atoms with Crippen molar-refractivity contribution in [3.63, 3.8) is 0 Å². The fourth-order valence-electron chi connectivity index (χ4n) is 2.76. The van der Waals surface area contributed by atoms with Gasteiger partial charge in [-0.15, -0.1) is 11.8 Å². The van der Waals surface area contributed by atoms with E-state index in [-0.39, 0.29) is 5.91 Å². The van der Waals surface area contributed by atoms with Crippen molar-refractivity contribution < 1.29 is 13.2 Å². The summed E-state index contributed by atoms with van der Waals surface area (Å²) in [5.74, 6) is 0.429. The molecule has 2 aromatic carbocycles. The standard InChI is InChI=1S/C17H20N2O3S2/c1-24(21,22)19-10-8-18(9-11-19)17(20)13-23-16-7-6-14-4-2-3-5-15(14)12-16/h2-7,12H,8-11,13H2,1H3. The molecule has 2 aromatic rings. The van der Waals surface area contributed by atoms with E-state index in [0.717, 1.165) is 10.3 Å². The average molecular weight is 364 g/mol. The van der Waals surface area contributed by atoms with Gasteiger partial charge >= 0.3 is 0 Å². The molecule has 0 radical (unpaired) electrons. The lowest BCUT2D eigenvalue weighted by Crippen LogP contribution is -2.50. The molecule has 0 N–H and O–H groups in total. The van der Waals surface area contributed by atoms with Crippen LogP contribution in [0.4, 0.5) is 0 Å². The number of nitrogens with zero attached hydrogens (tertiary/aromatic N) is 2. The summed E-state index contributed by atoms with van der Waals surface area (Å²) in [6.45, 7) is 1.69. The molecule has 24 heavy (non-hydrogen) atoms. The van der Waals surface area contributed by atoms with Crippen LogP contribution in [-0.4, -0.2) is 61.7 Å². The Morgan fingerprint density at radius 3 is 2.38 bits per heavy atom. The lowest BCUT2D eigenvalue weighted by Gasteiger charge is -2.33. The van der Waals surface area contributed by atoms with Gasteiger partial charge in [0.25, 0.3) is 0 Å². The number of hydrogen-bond donors (Lipinski definition) is 0. The first-order chi connectivity index (χ1) is 11.4. The Morgan fingerprint density at radius 2 is 1.71 bits per heavy atom. The molecule has 1 fully saturated rings. The minimum atomic E-state index is -3.16. The first kappa shape index (κ1) is 17.3. The van der Waals surface area contributed by atoms with Gasteiger partial charge in [-0.2, -0.15) is 4.31 Å². The monoisotopic (exact) mass is 364 g/mol. The van der Waals surface area contributed by atoms with E-state index in [9.17, 15) is 13.2 Å². The number of rotatable bonds is 4. The third-order valence-corrected chi connectivity index (χ3v) is 6.43. The second-order valence-electron chi connectivity index (χ2n) is 5.84. The van der Waals surface area contributed by atoms with E-state index < -0.39 is 10.0 Å². The zero-order chi connectivity index (χ0) is 17.2. The van der Waals surface area contributed by atoms with Crippen LogP contribution in [0.1, 0.15) is 0 Å². The third kappa shape index (κ3) is 4.09. The number of carbonyl (C=O) groups is 1. The molecule has 0 spiro atoms. The Labute approximate surface area is 146 Å². The lowest BCUT2D eigenvalue weighted by molar-refractivity contribution is -0.129. The number of piperazine rings is 1. The molecule has 0 unspecified atom stereocenters. The minimum Gasteiger partial charge on any atom is -0.339 e. The lowest BCUT2D eigenvalue weighted by atomic mass is 10.1. The molecule has 1 aliphatic rings. The van der Waals surface area contributed by atoms with Gasteiger partial charge in [-0.25, -0.2) is 8.42 Å². The second-order valence-corrected chi connectivity index (χ2v) is 8.87. The van der Waals surface area contributed by atoms with Crippen molar-refractivity contribution in [3.05, 3.63) is 42.5 Å². The maximum Gasteiger partial charge on any atom is 0.233 e. The number of fused-ring (bicyclic) bond motifs is 1. The molecule has 1 saturated heterocycles. The SMILES string of the molecule is CS(=O)(=O)N1CCN(C(=O)CSc2ccc3ccccc3c2)CC1. The van der Waals surface area contributed by atoms with Crippen LogP contribution in [0.15, 0.2) is 47.4 Å². The predicted molar refractivity (Wildman–Crippen MR) is 97.7 cm³/mol. The molecule has 7 heteroatoms. The molecule has 0 aromatic heterocycles. The van der Waals surface area contributed by atoms with Gasteiger partial charge in [0.05, 0.1) is 12.0 Å². The van der Waals surface area contributed by atoms with Crippen LogP contribution in [0.5, 0.6) is 0 Å². The Bertz CT molecular complexity index is 844. The van der Waals surface area contributed by atoms with Crippen molar-refractivity contribution in [2.45, 2.75) is 4.90 Å². The van der Waals surface area contributed by atoms with E-state index in [0.29, 0.717) is 31.9 Å². The summed E-state index contributed by atoms with van der Waals surface area (Å²) < 4.78 is 24.4. The molecule has 128 valence electrons. The summed E-state index contributed by atoms with van der Waals surface area (Å²) in [6, 6.07) is 14.3. The van der Waals surface area contributed by atoms with Crippen molar-refractivity contribution in [2.75, 3.05) is 38.2 Å². The first-order valence-corrected chi connectivity index (χ1v) is 10.6. The van der Waals surface area contributed by atoms with E-state index >= 15 is 0 Å². The minimum absolute atomic E-state index is 0.0568. The van der Waals surface area contributed by atoms with E-state index in [4.69, 9.17) is 0 Å². The normalized spacial score (nSPS) is 16.5. The Kier molecular flexibility index (Phi) is 5.12. The molecule has 0 atom stereocenters. The highest BCUT2D eigenvalue weighted by Gasteiger charge is 2.25. The number of amides is 1. The van der Waals surface area contributed by atoms with Crippen LogP contribution >= 0.6 is 11.8 Å². The molecule has 5 nitrogen and oxygen atoms in total. The molecule has 1 amide bonds. The van der Waals surface area contributed by atoms with Crippen LogP contribution in [-0.2, 0) is 14.8 Å². The van der Waals surface area contributed by atoms with Crippen molar-refractivity contribution in [1.29, 1.82) is 0 Å². The highest BCUT2D eigenvalue weighted by Crippen LogP contribution is 2.24. The van der Waals surface area contributed by atoms with Crippen molar-refractivity contribution >= 4 is 38.5 Å². The first-order valence-electron chi connectivity index (χ1n) is 7.78. The van der Waals surface area contributed by atoms with Crippen molar-refractivity contribution in [1.82, 2.24) is 9.21 Å². The van der Waals surface area contributed by atoms with E-state index in [1.807, 2.05) is 18.2 Å². The molecule has 3 rings (SSSR count). The van der Waals surface area contributed by atoms with Crippen LogP contribution in [0.3, 0.4) is 0 Å². The summed E-state index contributed by atoms with van der Waals surface area (Å²) in [5.41, 5.74) is 0. The third-order valence-electron chi connectivity index (χ3n) is 4.14. The van der Waals surface area contributed by atoms with Gasteiger partial charge in [0.2, 0.25) is 15.9 Å². The predicted octanol–water partition coefficient (Wildman–Crippen LogP) is 2.04. The van der Waals surface area contributed by atoms with Gasteiger partial charge in [0, 0.05) is 31.1 Å². The highest BCUT2D eigenvalue weighted by atomic mass is 32.2. The zero-order valence-corrected chi connectivity index (χ0v) is 15.1. The molecule has 1 heterocycles. The van der Waals surface area contributed by atoms with E-state index in [1.165, 1.54) is 27.7 Å². The smallest absolute Gasteiger partial charge is 0.233 e. The molecular weight excluding hydrogens is 344 g/mol. The van der Waals surface area contributed by atoms with Crippen molar-refractivity contribution in [2.24, 2.45) is 0 Å². The topological polar surface area (TPSA) is 57.7 Å². The fraction of sp³-hybridized carbons (Fsp3) is 0.353. The summed E-state index contributed by atoms with van der Waals surface area (Å²) in [4.78, 5) is 15.1. The largest absolute Gasteiger partial charge is 0.339 e. The van der Waals surface area contributed by atoms with E-state index in [1.54, 1.807) is 4.90 Å². The van der Waals surface area contributed by atoms with Crippen LogP contribution in [0, 0.1) is 0 Å². The highest BCUT2D eigenvalue weighted by molar-refractivity contribution is 8.00. The molecular formula is C17H20N2O3S2. The van der Waals surface area contributed by atoms with Gasteiger partial charge in [0.15, 0.2) is 0 Å². The zero-order valence-electron chi connectivity index (χ0n) is 13.5. The van der Waals surface area contributed by atoms with Crippen LogP contribution < -0.4 is 0 Å². The van der Waals surface area contributed by atoms with Gasteiger partial charge in [-0.05, 0) is 22.9 Å². The molecule has 0 bridgehead atoms. The summed E-state index contributed by atoms with van der Waals surface area (Å²) in [6.07, 6.45) is 1.21. The fourth-order valence-corrected chi connectivity index (χ4v) is 4.44. The maximum atomic E-state index is 12.3. The Morgan fingerprint density at radius 1 is 1.04 bits per heavy atom. The van der Waals surface area contributed by atoms with Gasteiger partial charge in [0.1, 0.15) is 0 Å². The Hall–Kier alpha value is -1.57. The summed E-state index contributed by atoms with van der Waals surface area (Å²) in [7, 11) is -3.16. The Balaban J connectivity index is 1.55. The summed E-state index contributed by atoms with van der Waals surface area (Å²) in [5, 5.41) is 2.35. The molecule has 0 saturated carbocycles. The number of sulfonamides is 1.